The van der Waals surface area contributed by atoms with Gasteiger partial charge >= 0.3 is 0 Å². The van der Waals surface area contributed by atoms with Gasteiger partial charge in [-0.15, -0.1) is 24.0 Å². The number of nitrogens with zero attached hydrogens (tertiary/aromatic N) is 2. The predicted octanol–water partition coefficient (Wildman–Crippen LogP) is 4.19. The predicted molar refractivity (Wildman–Crippen MR) is 132 cm³/mol. The van der Waals surface area contributed by atoms with Crippen molar-refractivity contribution in [2.75, 3.05) is 31.6 Å². The zero-order valence-electron chi connectivity index (χ0n) is 17.5. The number of hydrogen-bond donors (Lipinski definition) is 2. The van der Waals surface area contributed by atoms with E-state index in [2.05, 4.69) is 71.5 Å². The molecule has 6 heteroatoms. The van der Waals surface area contributed by atoms with E-state index in [0.29, 0.717) is 12.5 Å². The molecule has 1 fully saturated rings. The zero-order chi connectivity index (χ0) is 19.8. The van der Waals surface area contributed by atoms with Crippen molar-refractivity contribution in [3.63, 3.8) is 0 Å². The molecule has 3 N–H and O–H groups in total. The number of aryl methyl sites for hydroxylation is 2. The molecule has 3 rings (SSSR count). The van der Waals surface area contributed by atoms with E-state index < -0.39 is 0 Å². The molecular weight excluding hydrogens is 475 g/mol. The number of morpholine rings is 1. The number of anilines is 1. The van der Waals surface area contributed by atoms with Crippen LogP contribution in [0.3, 0.4) is 0 Å². The van der Waals surface area contributed by atoms with Crippen LogP contribution in [0.15, 0.2) is 47.5 Å². The summed E-state index contributed by atoms with van der Waals surface area (Å²) < 4.78 is 5.43. The van der Waals surface area contributed by atoms with Crippen molar-refractivity contribution in [1.82, 2.24) is 4.90 Å². The average Bonchev–Trinajstić information content (AvgIpc) is 2.73. The smallest absolute Gasteiger partial charge is 0.193 e. The molecule has 0 radical (unpaired) electrons. The van der Waals surface area contributed by atoms with E-state index in [9.17, 15) is 0 Å². The van der Waals surface area contributed by atoms with Crippen LogP contribution in [0.25, 0.3) is 0 Å². The molecule has 158 valence electrons. The standard InChI is InChI=1S/C23H32N4O.HI/c1-3-20-9-6-10-21(4-2)22(20)26-23(24)25-16-18-7-5-8-19(15-18)17-27-11-13-28-14-12-27;/h5-10,15H,3-4,11-14,16-17H2,1-2H3,(H3,24,25,26);1H. The van der Waals surface area contributed by atoms with Crippen molar-refractivity contribution in [1.29, 1.82) is 0 Å². The molecule has 0 spiro atoms. The van der Waals surface area contributed by atoms with Crippen molar-refractivity contribution in [3.05, 3.63) is 64.7 Å². The third-order valence-electron chi connectivity index (χ3n) is 5.19. The van der Waals surface area contributed by atoms with Gasteiger partial charge in [-0.05, 0) is 35.1 Å². The maximum Gasteiger partial charge on any atom is 0.193 e. The second-order valence-electron chi connectivity index (χ2n) is 7.19. The molecule has 1 aliphatic heterocycles. The Hall–Kier alpha value is -1.64. The molecule has 1 heterocycles. The molecule has 0 amide bonds. The molecule has 0 saturated carbocycles. The quantitative estimate of drug-likeness (QED) is 0.335. The number of benzene rings is 2. The highest BCUT2D eigenvalue weighted by molar-refractivity contribution is 14.0. The molecule has 2 aromatic carbocycles. The minimum absolute atomic E-state index is 0. The summed E-state index contributed by atoms with van der Waals surface area (Å²) in [4.78, 5) is 7.00. The number of rotatable bonds is 7. The van der Waals surface area contributed by atoms with Crippen LogP contribution in [0.1, 0.15) is 36.1 Å². The SMILES string of the molecule is CCc1cccc(CC)c1NC(N)=NCc1cccc(CN2CCOCC2)c1.I. The van der Waals surface area contributed by atoms with Crippen LogP contribution in [-0.4, -0.2) is 37.2 Å². The van der Waals surface area contributed by atoms with Crippen molar-refractivity contribution >= 4 is 35.6 Å². The molecule has 0 atom stereocenters. The summed E-state index contributed by atoms with van der Waals surface area (Å²) in [5.74, 6) is 0.467. The maximum absolute atomic E-state index is 6.20. The fraction of sp³-hybridized carbons (Fsp3) is 0.435. The Morgan fingerprint density at radius 2 is 1.66 bits per heavy atom. The number of aliphatic imine (C=N–C) groups is 1. The second kappa shape index (κ2) is 12.1. The summed E-state index contributed by atoms with van der Waals surface area (Å²) in [7, 11) is 0. The molecular formula is C23H33IN4O. The van der Waals surface area contributed by atoms with Crippen LogP contribution in [0.5, 0.6) is 0 Å². The fourth-order valence-corrected chi connectivity index (χ4v) is 3.59. The number of hydrogen-bond acceptors (Lipinski definition) is 3. The van der Waals surface area contributed by atoms with E-state index in [0.717, 1.165) is 51.4 Å². The number of para-hydroxylation sites is 1. The first-order valence-electron chi connectivity index (χ1n) is 10.2. The van der Waals surface area contributed by atoms with Gasteiger partial charge in [-0.3, -0.25) is 4.90 Å². The molecule has 0 unspecified atom stereocenters. The topological polar surface area (TPSA) is 62.9 Å². The molecule has 0 aliphatic carbocycles. The summed E-state index contributed by atoms with van der Waals surface area (Å²) in [5.41, 5.74) is 12.3. The van der Waals surface area contributed by atoms with E-state index >= 15 is 0 Å². The third-order valence-corrected chi connectivity index (χ3v) is 5.19. The summed E-state index contributed by atoms with van der Waals surface area (Å²) in [6, 6.07) is 15.0. The van der Waals surface area contributed by atoms with Crippen LogP contribution in [-0.2, 0) is 30.7 Å². The van der Waals surface area contributed by atoms with E-state index in [4.69, 9.17) is 10.5 Å². The van der Waals surface area contributed by atoms with Gasteiger partial charge in [-0.2, -0.15) is 0 Å². The lowest BCUT2D eigenvalue weighted by Crippen LogP contribution is -2.35. The van der Waals surface area contributed by atoms with Crippen molar-refractivity contribution in [2.45, 2.75) is 39.8 Å². The first-order chi connectivity index (χ1) is 13.7. The lowest BCUT2D eigenvalue weighted by atomic mass is 10.0. The number of nitrogens with one attached hydrogen (secondary N) is 1. The second-order valence-corrected chi connectivity index (χ2v) is 7.19. The monoisotopic (exact) mass is 508 g/mol. The molecule has 29 heavy (non-hydrogen) atoms. The van der Waals surface area contributed by atoms with Crippen LogP contribution in [0, 0.1) is 0 Å². The Kier molecular flexibility index (Phi) is 9.90. The lowest BCUT2D eigenvalue weighted by Gasteiger charge is -2.26. The van der Waals surface area contributed by atoms with Gasteiger partial charge in [-0.25, -0.2) is 4.99 Å². The lowest BCUT2D eigenvalue weighted by molar-refractivity contribution is 0.0342. The van der Waals surface area contributed by atoms with Gasteiger partial charge in [0.15, 0.2) is 5.96 Å². The Bertz CT molecular complexity index is 781. The normalized spacial score (nSPS) is 15.0. The number of guanidine groups is 1. The van der Waals surface area contributed by atoms with E-state index in [1.807, 2.05) is 0 Å². The molecule has 2 aromatic rings. The maximum atomic E-state index is 6.20. The first kappa shape index (κ1) is 23.6. The number of ether oxygens (including phenoxy) is 1. The molecule has 1 aliphatic rings. The third kappa shape index (κ3) is 6.97. The molecule has 5 nitrogen and oxygen atoms in total. The van der Waals surface area contributed by atoms with Crippen LogP contribution in [0.2, 0.25) is 0 Å². The summed E-state index contributed by atoms with van der Waals surface area (Å²) >= 11 is 0. The van der Waals surface area contributed by atoms with E-state index in [1.54, 1.807) is 0 Å². The highest BCUT2D eigenvalue weighted by atomic mass is 127. The Morgan fingerprint density at radius 3 is 2.31 bits per heavy atom. The van der Waals surface area contributed by atoms with E-state index in [-0.39, 0.29) is 24.0 Å². The van der Waals surface area contributed by atoms with Gasteiger partial charge in [0.2, 0.25) is 0 Å². The molecule has 0 bridgehead atoms. The van der Waals surface area contributed by atoms with Gasteiger partial charge in [0, 0.05) is 25.3 Å². The molecule has 0 aromatic heterocycles. The van der Waals surface area contributed by atoms with Gasteiger partial charge in [0.25, 0.3) is 0 Å². The average molecular weight is 508 g/mol. The van der Waals surface area contributed by atoms with Crippen molar-refractivity contribution in [2.24, 2.45) is 10.7 Å². The minimum Gasteiger partial charge on any atom is -0.379 e. The van der Waals surface area contributed by atoms with Gasteiger partial charge in [0.05, 0.1) is 19.8 Å². The zero-order valence-corrected chi connectivity index (χ0v) is 19.8. The van der Waals surface area contributed by atoms with Crippen molar-refractivity contribution < 1.29 is 4.74 Å². The number of halogens is 1. The van der Waals surface area contributed by atoms with Gasteiger partial charge in [-0.1, -0.05) is 56.3 Å². The fourth-order valence-electron chi connectivity index (χ4n) is 3.59. The van der Waals surface area contributed by atoms with Gasteiger partial charge in [0.1, 0.15) is 0 Å². The Morgan fingerprint density at radius 1 is 1.03 bits per heavy atom. The first-order valence-corrected chi connectivity index (χ1v) is 10.2. The number of nitrogens with two attached hydrogens (primary N) is 1. The Balaban J connectivity index is 0.00000300. The van der Waals surface area contributed by atoms with Crippen LogP contribution in [0.4, 0.5) is 5.69 Å². The Labute approximate surface area is 191 Å². The summed E-state index contributed by atoms with van der Waals surface area (Å²) in [5, 5.41) is 3.34. The summed E-state index contributed by atoms with van der Waals surface area (Å²) in [6.45, 7) is 9.49. The minimum atomic E-state index is 0. The van der Waals surface area contributed by atoms with Gasteiger partial charge < -0.3 is 15.8 Å². The van der Waals surface area contributed by atoms with E-state index in [1.165, 1.54) is 22.3 Å². The van der Waals surface area contributed by atoms with Crippen LogP contribution < -0.4 is 11.1 Å². The van der Waals surface area contributed by atoms with Crippen molar-refractivity contribution in [3.8, 4) is 0 Å². The highest BCUT2D eigenvalue weighted by Crippen LogP contribution is 2.22. The molecule has 1 saturated heterocycles. The highest BCUT2D eigenvalue weighted by Gasteiger charge is 2.11. The van der Waals surface area contributed by atoms with Crippen LogP contribution >= 0.6 is 24.0 Å². The largest absolute Gasteiger partial charge is 0.379 e. The summed E-state index contributed by atoms with van der Waals surface area (Å²) in [6.07, 6.45) is 1.93.